The van der Waals surface area contributed by atoms with E-state index in [1.165, 1.54) is 5.56 Å². The molecule has 0 bridgehead atoms. The molecule has 0 atom stereocenters. The van der Waals surface area contributed by atoms with Gasteiger partial charge in [0.2, 0.25) is 0 Å². The molecule has 0 amide bonds. The number of imidazole rings is 1. The number of rotatable bonds is 7. The van der Waals surface area contributed by atoms with Crippen molar-refractivity contribution in [2.75, 3.05) is 0 Å². The maximum absolute atomic E-state index is 13.1. The van der Waals surface area contributed by atoms with E-state index in [2.05, 4.69) is 29.9 Å². The number of pyridine rings is 1. The maximum Gasteiger partial charge on any atom is 0.330 e. The highest BCUT2D eigenvalue weighted by Crippen LogP contribution is 2.27. The lowest BCUT2D eigenvalue weighted by molar-refractivity contribution is 0.301. The average Bonchev–Trinajstić information content (AvgIpc) is 3.12. The Balaban J connectivity index is 1.49. The van der Waals surface area contributed by atoms with Crippen molar-refractivity contribution >= 4 is 11.2 Å². The fourth-order valence-electron chi connectivity index (χ4n) is 4.21. The van der Waals surface area contributed by atoms with Crippen molar-refractivity contribution in [1.82, 2.24) is 24.1 Å². The monoisotopic (exact) mass is 465 g/mol. The topological polar surface area (TPSA) is 74.8 Å². The van der Waals surface area contributed by atoms with Gasteiger partial charge in [-0.25, -0.2) is 14.8 Å². The standard InChI is InChI=1S/C28H27N5O2/c1-19(2)23-12-4-5-13-24(23)26-30-16-25-27(31-26)33(28(34)32(25)3)17-20-9-8-11-22(15-20)35-18-21-10-6-7-14-29-21/h4-16,19H,17-18H2,1-3H3. The van der Waals surface area contributed by atoms with Gasteiger partial charge in [0.15, 0.2) is 11.5 Å². The SMILES string of the molecule is CC(C)c1ccccc1-c1ncc2c(n1)n(Cc1cccc(OCc3ccccn3)c1)c(=O)n2C. The van der Waals surface area contributed by atoms with E-state index in [0.29, 0.717) is 36.1 Å². The van der Waals surface area contributed by atoms with Crippen LogP contribution in [-0.2, 0) is 20.2 Å². The zero-order chi connectivity index (χ0) is 24.4. The van der Waals surface area contributed by atoms with Crippen molar-refractivity contribution in [3.63, 3.8) is 0 Å². The van der Waals surface area contributed by atoms with Gasteiger partial charge in [0.1, 0.15) is 17.9 Å². The molecular weight excluding hydrogens is 438 g/mol. The molecule has 0 aliphatic carbocycles. The molecule has 35 heavy (non-hydrogen) atoms. The fourth-order valence-corrected chi connectivity index (χ4v) is 4.21. The van der Waals surface area contributed by atoms with E-state index in [1.54, 1.807) is 28.6 Å². The van der Waals surface area contributed by atoms with E-state index in [9.17, 15) is 4.79 Å². The second-order valence-electron chi connectivity index (χ2n) is 8.83. The summed E-state index contributed by atoms with van der Waals surface area (Å²) in [5, 5.41) is 0. The summed E-state index contributed by atoms with van der Waals surface area (Å²) in [5.41, 5.74) is 5.13. The number of nitrogens with zero attached hydrogens (tertiary/aromatic N) is 5. The van der Waals surface area contributed by atoms with Crippen LogP contribution in [0.4, 0.5) is 0 Å². The molecule has 3 heterocycles. The van der Waals surface area contributed by atoms with E-state index in [-0.39, 0.29) is 5.69 Å². The lowest BCUT2D eigenvalue weighted by Gasteiger charge is -2.12. The first kappa shape index (κ1) is 22.5. The Morgan fingerprint density at radius 2 is 1.80 bits per heavy atom. The summed E-state index contributed by atoms with van der Waals surface area (Å²) in [6, 6.07) is 21.6. The average molecular weight is 466 g/mol. The van der Waals surface area contributed by atoms with Crippen LogP contribution in [0.15, 0.2) is 83.9 Å². The van der Waals surface area contributed by atoms with Gasteiger partial charge in [-0.1, -0.05) is 56.3 Å². The molecule has 0 radical (unpaired) electrons. The van der Waals surface area contributed by atoms with Gasteiger partial charge < -0.3 is 4.74 Å². The summed E-state index contributed by atoms with van der Waals surface area (Å²) in [4.78, 5) is 26.9. The number of hydrogen-bond donors (Lipinski definition) is 0. The molecule has 176 valence electrons. The Bertz CT molecular complexity index is 1540. The van der Waals surface area contributed by atoms with E-state index in [4.69, 9.17) is 9.72 Å². The molecule has 7 heteroatoms. The van der Waals surface area contributed by atoms with Crippen molar-refractivity contribution in [3.05, 3.63) is 106 Å². The van der Waals surface area contributed by atoms with E-state index < -0.39 is 0 Å². The van der Waals surface area contributed by atoms with E-state index >= 15 is 0 Å². The maximum atomic E-state index is 13.1. The van der Waals surface area contributed by atoms with Gasteiger partial charge in [0.05, 0.1) is 18.4 Å². The Kier molecular flexibility index (Phi) is 6.14. The number of fused-ring (bicyclic) bond motifs is 1. The highest BCUT2D eigenvalue weighted by atomic mass is 16.5. The van der Waals surface area contributed by atoms with Crippen LogP contribution in [0.3, 0.4) is 0 Å². The number of ether oxygens (including phenoxy) is 1. The van der Waals surface area contributed by atoms with Gasteiger partial charge in [-0.2, -0.15) is 0 Å². The second kappa shape index (κ2) is 9.54. The molecule has 0 unspecified atom stereocenters. The Labute approximate surface area is 203 Å². The quantitative estimate of drug-likeness (QED) is 0.340. The van der Waals surface area contributed by atoms with Crippen LogP contribution in [-0.4, -0.2) is 24.1 Å². The van der Waals surface area contributed by atoms with Gasteiger partial charge in [-0.3, -0.25) is 14.1 Å². The first-order valence-electron chi connectivity index (χ1n) is 11.6. The molecular formula is C28H27N5O2. The third kappa shape index (κ3) is 4.57. The number of hydrogen-bond acceptors (Lipinski definition) is 5. The molecule has 3 aromatic heterocycles. The highest BCUT2D eigenvalue weighted by Gasteiger charge is 2.17. The Hall–Kier alpha value is -4.26. The van der Waals surface area contributed by atoms with Crippen LogP contribution in [0, 0.1) is 0 Å². The lowest BCUT2D eigenvalue weighted by atomic mass is 9.97. The van der Waals surface area contributed by atoms with Crippen LogP contribution in [0.25, 0.3) is 22.6 Å². The Morgan fingerprint density at radius 3 is 2.60 bits per heavy atom. The number of aryl methyl sites for hydroxylation is 1. The van der Waals surface area contributed by atoms with Crippen molar-refractivity contribution < 1.29 is 4.74 Å². The summed E-state index contributed by atoms with van der Waals surface area (Å²) < 4.78 is 9.21. The molecule has 5 rings (SSSR count). The molecule has 2 aromatic carbocycles. The first-order chi connectivity index (χ1) is 17.0. The van der Waals surface area contributed by atoms with E-state index in [0.717, 1.165) is 22.6 Å². The number of aromatic nitrogens is 5. The summed E-state index contributed by atoms with van der Waals surface area (Å²) in [5.74, 6) is 1.67. The van der Waals surface area contributed by atoms with Gasteiger partial charge >= 0.3 is 5.69 Å². The molecule has 0 aliphatic rings. The zero-order valence-electron chi connectivity index (χ0n) is 20.0. The molecule has 0 N–H and O–H groups in total. The van der Waals surface area contributed by atoms with Crippen LogP contribution < -0.4 is 10.4 Å². The number of benzene rings is 2. The molecule has 0 aliphatic heterocycles. The van der Waals surface area contributed by atoms with Crippen molar-refractivity contribution in [2.45, 2.75) is 32.9 Å². The summed E-state index contributed by atoms with van der Waals surface area (Å²) in [6.45, 7) is 5.06. The predicted octanol–water partition coefficient (Wildman–Crippen LogP) is 4.94. The van der Waals surface area contributed by atoms with Crippen LogP contribution in [0.1, 0.15) is 36.6 Å². The van der Waals surface area contributed by atoms with Crippen LogP contribution in [0.2, 0.25) is 0 Å². The normalized spacial score (nSPS) is 11.3. The first-order valence-corrected chi connectivity index (χ1v) is 11.6. The molecule has 7 nitrogen and oxygen atoms in total. The third-order valence-corrected chi connectivity index (χ3v) is 6.06. The smallest absolute Gasteiger partial charge is 0.330 e. The minimum Gasteiger partial charge on any atom is -0.487 e. The molecule has 0 fully saturated rings. The third-order valence-electron chi connectivity index (χ3n) is 6.06. The zero-order valence-corrected chi connectivity index (χ0v) is 20.0. The largest absolute Gasteiger partial charge is 0.487 e. The van der Waals surface area contributed by atoms with Gasteiger partial charge in [-0.05, 0) is 41.3 Å². The summed E-state index contributed by atoms with van der Waals surface area (Å²) in [6.07, 6.45) is 3.48. The van der Waals surface area contributed by atoms with Gasteiger partial charge in [-0.15, -0.1) is 0 Å². The molecule has 0 spiro atoms. The minimum atomic E-state index is -0.136. The summed E-state index contributed by atoms with van der Waals surface area (Å²) in [7, 11) is 1.75. The minimum absolute atomic E-state index is 0.136. The Morgan fingerprint density at radius 1 is 0.971 bits per heavy atom. The van der Waals surface area contributed by atoms with Gasteiger partial charge in [0.25, 0.3) is 0 Å². The highest BCUT2D eigenvalue weighted by molar-refractivity contribution is 5.74. The van der Waals surface area contributed by atoms with Crippen LogP contribution in [0.5, 0.6) is 5.75 Å². The molecule has 5 aromatic rings. The summed E-state index contributed by atoms with van der Waals surface area (Å²) >= 11 is 0. The van der Waals surface area contributed by atoms with Crippen molar-refractivity contribution in [1.29, 1.82) is 0 Å². The van der Waals surface area contributed by atoms with Crippen molar-refractivity contribution in [2.24, 2.45) is 7.05 Å². The molecule has 0 saturated carbocycles. The molecule has 0 saturated heterocycles. The second-order valence-corrected chi connectivity index (χ2v) is 8.83. The van der Waals surface area contributed by atoms with Crippen molar-refractivity contribution in [3.8, 4) is 17.1 Å². The van der Waals surface area contributed by atoms with Gasteiger partial charge in [0, 0.05) is 18.8 Å². The lowest BCUT2D eigenvalue weighted by Crippen LogP contribution is -2.22. The predicted molar refractivity (Wildman–Crippen MR) is 136 cm³/mol. The fraction of sp³-hybridized carbons (Fsp3) is 0.214. The van der Waals surface area contributed by atoms with Crippen LogP contribution >= 0.6 is 0 Å². The van der Waals surface area contributed by atoms with E-state index in [1.807, 2.05) is 60.7 Å².